The van der Waals surface area contributed by atoms with E-state index in [0.29, 0.717) is 5.69 Å². The minimum absolute atomic E-state index is 0.232. The van der Waals surface area contributed by atoms with Crippen LogP contribution >= 0.6 is 11.6 Å². The van der Waals surface area contributed by atoms with Gasteiger partial charge in [-0.05, 0) is 19.1 Å². The largest absolute Gasteiger partial charge is 0.318 e. The van der Waals surface area contributed by atoms with Gasteiger partial charge in [0.15, 0.2) is 5.15 Å². The van der Waals surface area contributed by atoms with Gasteiger partial charge in [0.2, 0.25) is 0 Å². The van der Waals surface area contributed by atoms with E-state index in [-0.39, 0.29) is 16.8 Å². The maximum atomic E-state index is 11.8. The van der Waals surface area contributed by atoms with Crippen molar-refractivity contribution in [3.8, 4) is 0 Å². The highest BCUT2D eigenvalue weighted by atomic mass is 35.5. The fourth-order valence-electron chi connectivity index (χ4n) is 1.18. The summed E-state index contributed by atoms with van der Waals surface area (Å²) in [5.74, 6) is -0.368. The lowest BCUT2D eigenvalue weighted by atomic mass is 10.3. The van der Waals surface area contributed by atoms with Crippen molar-refractivity contribution >= 4 is 23.2 Å². The van der Waals surface area contributed by atoms with Crippen LogP contribution in [0.1, 0.15) is 16.2 Å². The van der Waals surface area contributed by atoms with Crippen LogP contribution in [0.25, 0.3) is 0 Å². The molecule has 0 aliphatic rings. The molecule has 1 amide bonds. The molecule has 0 fully saturated rings. The zero-order valence-electron chi connectivity index (χ0n) is 9.01. The summed E-state index contributed by atoms with van der Waals surface area (Å²) < 4.78 is 0. The van der Waals surface area contributed by atoms with Gasteiger partial charge in [0.05, 0.1) is 17.6 Å². The summed E-state index contributed by atoms with van der Waals surface area (Å²) in [7, 11) is 0. The summed E-state index contributed by atoms with van der Waals surface area (Å²) in [5.41, 5.74) is 1.43. The topological polar surface area (TPSA) is 67.8 Å². The van der Waals surface area contributed by atoms with Crippen molar-refractivity contribution in [3.05, 3.63) is 47.3 Å². The Hall–Kier alpha value is -2.01. The fourth-order valence-corrected chi connectivity index (χ4v) is 1.34. The first-order chi connectivity index (χ1) is 8.16. The molecule has 0 aromatic carbocycles. The Morgan fingerprint density at radius 2 is 2.12 bits per heavy atom. The van der Waals surface area contributed by atoms with Crippen molar-refractivity contribution in [3.63, 3.8) is 0 Å². The minimum Gasteiger partial charge on any atom is -0.318 e. The highest BCUT2D eigenvalue weighted by Crippen LogP contribution is 2.17. The number of anilines is 1. The van der Waals surface area contributed by atoms with Crippen LogP contribution in [0.5, 0.6) is 0 Å². The van der Waals surface area contributed by atoms with Crippen LogP contribution in [-0.4, -0.2) is 20.9 Å². The van der Waals surface area contributed by atoms with Crippen LogP contribution in [0.2, 0.25) is 5.15 Å². The number of aryl methyl sites for hydroxylation is 1. The molecule has 2 rings (SSSR count). The monoisotopic (exact) mass is 248 g/mol. The number of hydrogen-bond acceptors (Lipinski definition) is 4. The SMILES string of the molecule is Cc1cnc(C(=O)Nc2cccnc2Cl)cn1. The first-order valence-corrected chi connectivity index (χ1v) is 5.25. The van der Waals surface area contributed by atoms with Crippen molar-refractivity contribution < 1.29 is 4.79 Å². The van der Waals surface area contributed by atoms with Gasteiger partial charge in [0.1, 0.15) is 5.69 Å². The number of carbonyl (C=O) groups is 1. The highest BCUT2D eigenvalue weighted by Gasteiger charge is 2.09. The van der Waals surface area contributed by atoms with Gasteiger partial charge in [0, 0.05) is 12.4 Å². The molecule has 0 spiro atoms. The van der Waals surface area contributed by atoms with Crippen molar-refractivity contribution in [2.24, 2.45) is 0 Å². The Morgan fingerprint density at radius 1 is 1.29 bits per heavy atom. The lowest BCUT2D eigenvalue weighted by Crippen LogP contribution is -2.14. The van der Waals surface area contributed by atoms with E-state index in [9.17, 15) is 4.79 Å². The molecule has 0 saturated heterocycles. The minimum atomic E-state index is -0.368. The number of nitrogens with one attached hydrogen (secondary N) is 1. The molecule has 5 nitrogen and oxygen atoms in total. The second-order valence-electron chi connectivity index (χ2n) is 3.34. The van der Waals surface area contributed by atoms with Crippen molar-refractivity contribution in [2.45, 2.75) is 6.92 Å². The van der Waals surface area contributed by atoms with Crippen LogP contribution < -0.4 is 5.32 Å². The van der Waals surface area contributed by atoms with Gasteiger partial charge in [-0.3, -0.25) is 9.78 Å². The molecule has 6 heteroatoms. The quantitative estimate of drug-likeness (QED) is 0.827. The smallest absolute Gasteiger partial charge is 0.275 e. The number of hydrogen-bond donors (Lipinski definition) is 1. The Balaban J connectivity index is 2.17. The molecule has 2 heterocycles. The molecule has 0 radical (unpaired) electrons. The first kappa shape index (κ1) is 11.5. The normalized spacial score (nSPS) is 10.0. The summed E-state index contributed by atoms with van der Waals surface area (Å²) in [5, 5.41) is 2.85. The Morgan fingerprint density at radius 3 is 2.76 bits per heavy atom. The fraction of sp³-hybridized carbons (Fsp3) is 0.0909. The van der Waals surface area contributed by atoms with Gasteiger partial charge in [-0.2, -0.15) is 0 Å². The Labute approximate surface area is 103 Å². The summed E-state index contributed by atoms with van der Waals surface area (Å²) >= 11 is 5.82. The highest BCUT2D eigenvalue weighted by molar-refractivity contribution is 6.32. The van der Waals surface area contributed by atoms with Crippen molar-refractivity contribution in [1.29, 1.82) is 0 Å². The van der Waals surface area contributed by atoms with Gasteiger partial charge in [0.25, 0.3) is 5.91 Å². The molecule has 17 heavy (non-hydrogen) atoms. The zero-order valence-corrected chi connectivity index (χ0v) is 9.77. The van der Waals surface area contributed by atoms with Gasteiger partial charge < -0.3 is 5.32 Å². The summed E-state index contributed by atoms with van der Waals surface area (Å²) in [6.45, 7) is 1.80. The third-order valence-corrected chi connectivity index (χ3v) is 2.32. The van der Waals surface area contributed by atoms with E-state index in [4.69, 9.17) is 11.6 Å². The maximum absolute atomic E-state index is 11.8. The predicted molar refractivity (Wildman–Crippen MR) is 64.0 cm³/mol. The van der Waals surface area contributed by atoms with Crippen molar-refractivity contribution in [1.82, 2.24) is 15.0 Å². The molecule has 0 saturated carbocycles. The van der Waals surface area contributed by atoms with E-state index < -0.39 is 0 Å². The molecule has 2 aromatic rings. The van der Waals surface area contributed by atoms with Crippen LogP contribution in [0.4, 0.5) is 5.69 Å². The third-order valence-electron chi connectivity index (χ3n) is 2.02. The van der Waals surface area contributed by atoms with Crippen molar-refractivity contribution in [2.75, 3.05) is 5.32 Å². The van der Waals surface area contributed by atoms with Gasteiger partial charge in [-0.15, -0.1) is 0 Å². The van der Waals surface area contributed by atoms with Gasteiger partial charge >= 0.3 is 0 Å². The number of amides is 1. The summed E-state index contributed by atoms with van der Waals surface area (Å²) in [6.07, 6.45) is 4.48. The second kappa shape index (κ2) is 4.88. The van der Waals surface area contributed by atoms with Crippen LogP contribution in [0.3, 0.4) is 0 Å². The lowest BCUT2D eigenvalue weighted by Gasteiger charge is -2.05. The average Bonchev–Trinajstić information content (AvgIpc) is 2.33. The predicted octanol–water partition coefficient (Wildman–Crippen LogP) is 2.09. The number of pyridine rings is 1. The standard InChI is InChI=1S/C11H9ClN4O/c1-7-5-15-9(6-14-7)11(17)16-8-3-2-4-13-10(8)12/h2-6H,1H3,(H,16,17). The molecule has 1 N–H and O–H groups in total. The van der Waals surface area contributed by atoms with E-state index in [2.05, 4.69) is 20.3 Å². The Bertz CT molecular complexity index is 541. The van der Waals surface area contributed by atoms with E-state index >= 15 is 0 Å². The number of carbonyl (C=O) groups excluding carboxylic acids is 1. The third kappa shape index (κ3) is 2.76. The molecule has 0 atom stereocenters. The lowest BCUT2D eigenvalue weighted by molar-refractivity contribution is 0.102. The molecule has 0 bridgehead atoms. The van der Waals surface area contributed by atoms with E-state index in [1.807, 2.05) is 0 Å². The molecular weight excluding hydrogens is 240 g/mol. The molecule has 2 aromatic heterocycles. The van der Waals surface area contributed by atoms with Gasteiger partial charge in [-0.25, -0.2) is 9.97 Å². The first-order valence-electron chi connectivity index (χ1n) is 4.87. The molecule has 0 aliphatic heterocycles. The number of halogens is 1. The zero-order chi connectivity index (χ0) is 12.3. The molecule has 0 aliphatic carbocycles. The molecule has 86 valence electrons. The summed E-state index contributed by atoms with van der Waals surface area (Å²) in [4.78, 5) is 23.6. The number of rotatable bonds is 2. The van der Waals surface area contributed by atoms with E-state index in [1.54, 1.807) is 25.3 Å². The number of aromatic nitrogens is 3. The van der Waals surface area contributed by atoms with Crippen LogP contribution in [0, 0.1) is 6.92 Å². The molecule has 0 unspecified atom stereocenters. The average molecular weight is 249 g/mol. The van der Waals surface area contributed by atoms with E-state index in [1.165, 1.54) is 12.4 Å². The second-order valence-corrected chi connectivity index (χ2v) is 3.70. The molecular formula is C11H9ClN4O. The summed E-state index contributed by atoms with van der Waals surface area (Å²) in [6, 6.07) is 3.34. The van der Waals surface area contributed by atoms with Gasteiger partial charge in [-0.1, -0.05) is 11.6 Å². The Kier molecular flexibility index (Phi) is 3.30. The van der Waals surface area contributed by atoms with E-state index in [0.717, 1.165) is 5.69 Å². The maximum Gasteiger partial charge on any atom is 0.275 e. The van der Waals surface area contributed by atoms with Crippen LogP contribution in [-0.2, 0) is 0 Å². The number of nitrogens with zero attached hydrogens (tertiary/aromatic N) is 3. The van der Waals surface area contributed by atoms with Crippen LogP contribution in [0.15, 0.2) is 30.7 Å².